The summed E-state index contributed by atoms with van der Waals surface area (Å²) in [5, 5.41) is 3.19. The fraction of sp³-hybridized carbons (Fsp3) is 0.235. The molecule has 2 aromatic heterocycles. The van der Waals surface area contributed by atoms with Crippen LogP contribution in [0.3, 0.4) is 0 Å². The number of aromatic nitrogens is 2. The number of benzene rings is 1. The Morgan fingerprint density at radius 3 is 2.42 bits per heavy atom. The fourth-order valence-electron chi connectivity index (χ4n) is 2.49. The summed E-state index contributed by atoms with van der Waals surface area (Å²) in [5.74, 6) is -0.296. The van der Waals surface area contributed by atoms with E-state index in [1.807, 2.05) is 24.3 Å². The molecule has 0 aliphatic carbocycles. The van der Waals surface area contributed by atoms with Crippen LogP contribution in [0, 0.1) is 0 Å². The third-order valence-electron chi connectivity index (χ3n) is 3.97. The first-order chi connectivity index (χ1) is 11.4. The van der Waals surface area contributed by atoms with Gasteiger partial charge in [-0.1, -0.05) is 19.1 Å². The third-order valence-corrected chi connectivity index (χ3v) is 5.18. The number of carbonyl (C=O) groups excluding carboxylic acids is 1. The molecule has 124 valence electrons. The zero-order valence-electron chi connectivity index (χ0n) is 13.6. The predicted octanol–water partition coefficient (Wildman–Crippen LogP) is 2.11. The minimum absolute atomic E-state index is 0.296. The lowest BCUT2D eigenvalue weighted by atomic mass is 10.1. The molecule has 1 amide bonds. The molecule has 0 radical (unpaired) electrons. The summed E-state index contributed by atoms with van der Waals surface area (Å²) in [7, 11) is 3.02. The van der Waals surface area contributed by atoms with Gasteiger partial charge in [0.05, 0.1) is 10.3 Å². The number of nitrogens with one attached hydrogen (secondary N) is 1. The number of rotatable bonds is 3. The van der Waals surface area contributed by atoms with Crippen LogP contribution in [0.5, 0.6) is 0 Å². The van der Waals surface area contributed by atoms with Gasteiger partial charge in [0.1, 0.15) is 4.83 Å². The van der Waals surface area contributed by atoms with Gasteiger partial charge in [-0.3, -0.25) is 18.7 Å². The summed E-state index contributed by atoms with van der Waals surface area (Å²) in [5.41, 5.74) is 1.08. The van der Waals surface area contributed by atoms with E-state index in [2.05, 4.69) is 12.2 Å². The number of hydrogen-bond donors (Lipinski definition) is 1. The molecule has 3 rings (SSSR count). The van der Waals surface area contributed by atoms with Gasteiger partial charge in [-0.25, -0.2) is 4.79 Å². The lowest BCUT2D eigenvalue weighted by molar-refractivity contribution is 0.103. The summed E-state index contributed by atoms with van der Waals surface area (Å²) in [4.78, 5) is 37.5. The Morgan fingerprint density at radius 1 is 1.12 bits per heavy atom. The first kappa shape index (κ1) is 16.2. The first-order valence-corrected chi connectivity index (χ1v) is 8.34. The summed E-state index contributed by atoms with van der Waals surface area (Å²) in [6, 6.07) is 9.15. The number of thiophene rings is 1. The molecule has 3 aromatic rings. The van der Waals surface area contributed by atoms with Gasteiger partial charge in [0.15, 0.2) is 0 Å². The van der Waals surface area contributed by atoms with Gasteiger partial charge in [0.25, 0.3) is 11.5 Å². The van der Waals surface area contributed by atoms with Gasteiger partial charge in [0.2, 0.25) is 0 Å². The lowest BCUT2D eigenvalue weighted by Gasteiger charge is -2.04. The van der Waals surface area contributed by atoms with Crippen LogP contribution >= 0.6 is 11.3 Å². The van der Waals surface area contributed by atoms with Crippen LogP contribution in [0.4, 0.5) is 5.69 Å². The van der Waals surface area contributed by atoms with Crippen molar-refractivity contribution in [3.8, 4) is 0 Å². The van der Waals surface area contributed by atoms with E-state index in [0.29, 0.717) is 20.8 Å². The fourth-order valence-corrected chi connectivity index (χ4v) is 3.49. The van der Waals surface area contributed by atoms with Crippen molar-refractivity contribution in [3.05, 3.63) is 61.6 Å². The second kappa shape index (κ2) is 6.09. The number of anilines is 1. The topological polar surface area (TPSA) is 73.1 Å². The van der Waals surface area contributed by atoms with Gasteiger partial charge < -0.3 is 5.32 Å². The summed E-state index contributed by atoms with van der Waals surface area (Å²) in [6.45, 7) is 2.07. The molecule has 0 unspecified atom stereocenters. The van der Waals surface area contributed by atoms with Crippen molar-refractivity contribution in [1.82, 2.24) is 9.13 Å². The van der Waals surface area contributed by atoms with E-state index in [4.69, 9.17) is 0 Å². The minimum atomic E-state index is -0.406. The molecule has 0 fully saturated rings. The number of fused-ring (bicyclic) bond motifs is 1. The number of aryl methyl sites for hydroxylation is 2. The highest BCUT2D eigenvalue weighted by molar-refractivity contribution is 7.20. The molecule has 1 aromatic carbocycles. The second-order valence-electron chi connectivity index (χ2n) is 5.54. The molecular formula is C17H17N3O3S. The van der Waals surface area contributed by atoms with E-state index in [1.165, 1.54) is 23.2 Å². The third kappa shape index (κ3) is 2.67. The average molecular weight is 343 g/mol. The monoisotopic (exact) mass is 343 g/mol. The van der Waals surface area contributed by atoms with Crippen LogP contribution < -0.4 is 16.6 Å². The number of nitrogens with zero attached hydrogens (tertiary/aromatic N) is 2. The molecule has 24 heavy (non-hydrogen) atoms. The van der Waals surface area contributed by atoms with E-state index in [0.717, 1.165) is 22.3 Å². The highest BCUT2D eigenvalue weighted by Gasteiger charge is 2.16. The Labute approximate surface area is 142 Å². The van der Waals surface area contributed by atoms with Crippen LogP contribution in [-0.4, -0.2) is 15.0 Å². The highest BCUT2D eigenvalue weighted by Crippen LogP contribution is 2.23. The molecule has 0 saturated heterocycles. The SMILES string of the molecule is CCc1ccc(NC(=O)c2cc3c(=O)n(C)c(=O)n(C)c3s2)cc1. The Bertz CT molecular complexity index is 1040. The molecule has 0 aliphatic heterocycles. The minimum Gasteiger partial charge on any atom is -0.321 e. The van der Waals surface area contributed by atoms with Gasteiger partial charge in [-0.15, -0.1) is 11.3 Å². The zero-order valence-corrected chi connectivity index (χ0v) is 14.4. The summed E-state index contributed by atoms with van der Waals surface area (Å²) < 4.78 is 2.43. The molecule has 0 aliphatic rings. The van der Waals surface area contributed by atoms with Crippen molar-refractivity contribution in [2.75, 3.05) is 5.32 Å². The quantitative estimate of drug-likeness (QED) is 0.792. The highest BCUT2D eigenvalue weighted by atomic mass is 32.1. The van der Waals surface area contributed by atoms with Crippen LogP contribution in [-0.2, 0) is 20.5 Å². The Hall–Kier alpha value is -2.67. The van der Waals surface area contributed by atoms with Crippen LogP contribution in [0.15, 0.2) is 39.9 Å². The predicted molar refractivity (Wildman–Crippen MR) is 96.1 cm³/mol. The van der Waals surface area contributed by atoms with Gasteiger partial charge >= 0.3 is 5.69 Å². The Kier molecular flexibility index (Phi) is 4.11. The Morgan fingerprint density at radius 2 is 1.79 bits per heavy atom. The van der Waals surface area contributed by atoms with E-state index in [9.17, 15) is 14.4 Å². The molecule has 0 bridgehead atoms. The molecule has 0 atom stereocenters. The molecule has 2 heterocycles. The smallest absolute Gasteiger partial charge is 0.321 e. The van der Waals surface area contributed by atoms with Gasteiger partial charge in [-0.05, 0) is 30.2 Å². The number of hydrogen-bond acceptors (Lipinski definition) is 4. The molecule has 1 N–H and O–H groups in total. The number of carbonyl (C=O) groups is 1. The van der Waals surface area contributed by atoms with Gasteiger partial charge in [-0.2, -0.15) is 0 Å². The van der Waals surface area contributed by atoms with Crippen molar-refractivity contribution < 1.29 is 4.79 Å². The van der Waals surface area contributed by atoms with Crippen molar-refractivity contribution in [2.24, 2.45) is 14.1 Å². The maximum atomic E-state index is 12.4. The zero-order chi connectivity index (χ0) is 17.4. The van der Waals surface area contributed by atoms with E-state index in [-0.39, 0.29) is 5.91 Å². The summed E-state index contributed by atoms with van der Waals surface area (Å²) >= 11 is 1.13. The lowest BCUT2D eigenvalue weighted by Crippen LogP contribution is -2.36. The average Bonchev–Trinajstić information content (AvgIpc) is 3.04. The molecule has 0 spiro atoms. The molecule has 0 saturated carbocycles. The molecular weight excluding hydrogens is 326 g/mol. The van der Waals surface area contributed by atoms with Crippen molar-refractivity contribution in [1.29, 1.82) is 0 Å². The van der Waals surface area contributed by atoms with Crippen LogP contribution in [0.25, 0.3) is 10.2 Å². The van der Waals surface area contributed by atoms with E-state index < -0.39 is 11.2 Å². The maximum absolute atomic E-state index is 12.4. The van der Waals surface area contributed by atoms with Crippen molar-refractivity contribution in [2.45, 2.75) is 13.3 Å². The first-order valence-electron chi connectivity index (χ1n) is 7.52. The summed E-state index contributed by atoms with van der Waals surface area (Å²) in [6.07, 6.45) is 0.932. The van der Waals surface area contributed by atoms with Crippen molar-refractivity contribution >= 4 is 33.1 Å². The largest absolute Gasteiger partial charge is 0.331 e. The number of amides is 1. The standard InChI is InChI=1S/C17H17N3O3S/c1-4-10-5-7-11(8-6-10)18-14(21)13-9-12-15(22)19(2)17(23)20(3)16(12)24-13/h5-9H,4H2,1-3H3,(H,18,21). The normalized spacial score (nSPS) is 11.0. The Balaban J connectivity index is 1.98. The van der Waals surface area contributed by atoms with Gasteiger partial charge in [0, 0.05) is 19.8 Å². The second-order valence-corrected chi connectivity index (χ2v) is 6.57. The van der Waals surface area contributed by atoms with E-state index >= 15 is 0 Å². The molecule has 7 heteroatoms. The van der Waals surface area contributed by atoms with Crippen LogP contribution in [0.2, 0.25) is 0 Å². The molecule has 6 nitrogen and oxygen atoms in total. The van der Waals surface area contributed by atoms with Crippen LogP contribution in [0.1, 0.15) is 22.2 Å². The maximum Gasteiger partial charge on any atom is 0.331 e. The van der Waals surface area contributed by atoms with Crippen molar-refractivity contribution in [3.63, 3.8) is 0 Å². The van der Waals surface area contributed by atoms with E-state index in [1.54, 1.807) is 7.05 Å².